The Morgan fingerprint density at radius 2 is 1.82 bits per heavy atom. The molecule has 9 heteroatoms. The second kappa shape index (κ2) is 11.2. The number of aromatic nitrogens is 3. The zero-order valence-electron chi connectivity index (χ0n) is 20.2. The number of aryl methyl sites for hydroxylation is 1. The minimum absolute atomic E-state index is 0.0235. The number of carbonyl (C=O) groups excluding carboxylic acids is 3. The molecule has 1 aromatic carbocycles. The quantitative estimate of drug-likeness (QED) is 0.391. The maximum Gasteiger partial charge on any atom is 0.219 e. The van der Waals surface area contributed by atoms with Crippen LogP contribution in [0.3, 0.4) is 0 Å². The lowest BCUT2D eigenvalue weighted by molar-refractivity contribution is -0.129. The summed E-state index contributed by atoms with van der Waals surface area (Å²) in [5.41, 5.74) is 14.5. The van der Waals surface area contributed by atoms with Gasteiger partial charge in [0.25, 0.3) is 0 Å². The first kappa shape index (κ1) is 25.3. The molecule has 1 amide bonds. The number of nitrogen functional groups attached to an aromatic ring is 1. The minimum Gasteiger partial charge on any atom is -0.382 e. The highest BCUT2D eigenvalue weighted by molar-refractivity contribution is 6.06. The molecule has 0 spiro atoms. The molecule has 3 aromatic rings. The van der Waals surface area contributed by atoms with Gasteiger partial charge in [0.05, 0.1) is 23.6 Å². The number of unbranched alkanes of at least 4 members (excludes halogenated alkanes) is 1. The van der Waals surface area contributed by atoms with E-state index in [2.05, 4.69) is 9.55 Å². The Labute approximate surface area is 199 Å². The number of ketones is 2. The molecular formula is C25H34N6O3. The standard InChI is InChI=1S/C25H34N6O3/c1-4-30(17(3)33)15-22-29-23-24(18-9-5-6-10-20(18)28-25(23)27)31(22)14-8-7-11-21(34)19(26)13-12-16(2)32/h5-6,9-10,19H,4,7-8,11-15,26H2,1-3H3,(H2,27,28). The van der Waals surface area contributed by atoms with E-state index in [4.69, 9.17) is 16.5 Å². The Morgan fingerprint density at radius 3 is 2.50 bits per heavy atom. The van der Waals surface area contributed by atoms with E-state index in [0.717, 1.165) is 28.7 Å². The van der Waals surface area contributed by atoms with Gasteiger partial charge in [-0.2, -0.15) is 0 Å². The number of hydrogen-bond acceptors (Lipinski definition) is 7. The average molecular weight is 467 g/mol. The lowest BCUT2D eigenvalue weighted by Gasteiger charge is -2.19. The molecular weight excluding hydrogens is 432 g/mol. The normalized spacial score (nSPS) is 12.2. The molecule has 0 bridgehead atoms. The van der Waals surface area contributed by atoms with E-state index in [0.29, 0.717) is 56.7 Å². The van der Waals surface area contributed by atoms with Crippen molar-refractivity contribution in [2.75, 3.05) is 12.3 Å². The van der Waals surface area contributed by atoms with Crippen LogP contribution in [0.4, 0.5) is 5.82 Å². The van der Waals surface area contributed by atoms with Gasteiger partial charge in [-0.05, 0) is 39.2 Å². The molecule has 0 saturated carbocycles. The zero-order valence-corrected chi connectivity index (χ0v) is 20.2. The SMILES string of the molecule is CCN(Cc1nc2c(N)nc3ccccc3c2n1CCCCC(=O)C(N)CCC(C)=O)C(C)=O. The number of fused-ring (bicyclic) bond motifs is 3. The monoisotopic (exact) mass is 466 g/mol. The van der Waals surface area contributed by atoms with Gasteiger partial charge in [-0.3, -0.25) is 9.59 Å². The first-order valence-corrected chi connectivity index (χ1v) is 11.8. The van der Waals surface area contributed by atoms with E-state index in [1.807, 2.05) is 31.2 Å². The Kier molecular flexibility index (Phi) is 8.33. The molecule has 182 valence electrons. The van der Waals surface area contributed by atoms with Crippen LogP contribution in [0.1, 0.15) is 58.7 Å². The van der Waals surface area contributed by atoms with Crippen LogP contribution in [0.25, 0.3) is 21.9 Å². The van der Waals surface area contributed by atoms with Crippen molar-refractivity contribution in [2.45, 2.75) is 72.0 Å². The van der Waals surface area contributed by atoms with Crippen LogP contribution < -0.4 is 11.5 Å². The summed E-state index contributed by atoms with van der Waals surface area (Å²) >= 11 is 0. The fourth-order valence-corrected chi connectivity index (χ4v) is 4.16. The number of benzene rings is 1. The minimum atomic E-state index is -0.600. The molecule has 0 aliphatic carbocycles. The predicted molar refractivity (Wildman–Crippen MR) is 133 cm³/mol. The summed E-state index contributed by atoms with van der Waals surface area (Å²) in [5.74, 6) is 1.08. The molecule has 2 heterocycles. The number of carbonyl (C=O) groups is 3. The highest BCUT2D eigenvalue weighted by Crippen LogP contribution is 2.29. The molecule has 9 nitrogen and oxygen atoms in total. The summed E-state index contributed by atoms with van der Waals surface area (Å²) in [6.07, 6.45) is 2.46. The van der Waals surface area contributed by atoms with Crippen molar-refractivity contribution in [3.8, 4) is 0 Å². The topological polar surface area (TPSA) is 137 Å². The number of Topliss-reactive ketones (excluding diaryl/α,β-unsaturated/α-hetero) is 2. The van der Waals surface area contributed by atoms with Gasteiger partial charge in [0.2, 0.25) is 5.91 Å². The summed E-state index contributed by atoms with van der Waals surface area (Å²) in [6, 6.07) is 7.17. The number of pyridine rings is 1. The summed E-state index contributed by atoms with van der Waals surface area (Å²) in [4.78, 5) is 46.6. The van der Waals surface area contributed by atoms with E-state index in [9.17, 15) is 14.4 Å². The Balaban J connectivity index is 1.85. The number of nitrogens with two attached hydrogens (primary N) is 2. The number of para-hydroxylation sites is 1. The molecule has 0 fully saturated rings. The highest BCUT2D eigenvalue weighted by Gasteiger charge is 2.20. The van der Waals surface area contributed by atoms with E-state index < -0.39 is 6.04 Å². The molecule has 2 aromatic heterocycles. The average Bonchev–Trinajstić information content (AvgIpc) is 3.17. The second-order valence-corrected chi connectivity index (χ2v) is 8.69. The van der Waals surface area contributed by atoms with Crippen molar-refractivity contribution < 1.29 is 14.4 Å². The van der Waals surface area contributed by atoms with Crippen molar-refractivity contribution in [3.63, 3.8) is 0 Å². The molecule has 4 N–H and O–H groups in total. The van der Waals surface area contributed by atoms with E-state index in [1.165, 1.54) is 6.92 Å². The molecule has 0 aliphatic heterocycles. The Hall–Kier alpha value is -3.33. The molecule has 3 rings (SSSR count). The van der Waals surface area contributed by atoms with Crippen molar-refractivity contribution in [1.29, 1.82) is 0 Å². The van der Waals surface area contributed by atoms with Gasteiger partial charge < -0.3 is 25.7 Å². The van der Waals surface area contributed by atoms with E-state index >= 15 is 0 Å². The third kappa shape index (κ3) is 5.77. The Bertz CT molecular complexity index is 1200. The summed E-state index contributed by atoms with van der Waals surface area (Å²) < 4.78 is 2.10. The summed E-state index contributed by atoms with van der Waals surface area (Å²) in [5, 5.41) is 0.943. The molecule has 0 radical (unpaired) electrons. The number of nitrogens with zero attached hydrogens (tertiary/aromatic N) is 4. The van der Waals surface area contributed by atoms with Gasteiger partial charge in [-0.25, -0.2) is 9.97 Å². The van der Waals surface area contributed by atoms with Gasteiger partial charge in [0.15, 0.2) is 5.82 Å². The largest absolute Gasteiger partial charge is 0.382 e. The zero-order chi connectivity index (χ0) is 24.8. The van der Waals surface area contributed by atoms with Crippen LogP contribution in [-0.2, 0) is 27.5 Å². The van der Waals surface area contributed by atoms with Gasteiger partial charge in [0, 0.05) is 38.2 Å². The van der Waals surface area contributed by atoms with Gasteiger partial charge in [-0.1, -0.05) is 18.2 Å². The predicted octanol–water partition coefficient (Wildman–Crippen LogP) is 2.97. The number of amides is 1. The van der Waals surface area contributed by atoms with Crippen LogP contribution in [-0.4, -0.2) is 49.5 Å². The molecule has 0 saturated heterocycles. The van der Waals surface area contributed by atoms with Gasteiger partial charge in [0.1, 0.15) is 22.9 Å². The fourth-order valence-electron chi connectivity index (χ4n) is 4.16. The van der Waals surface area contributed by atoms with Crippen LogP contribution in [0, 0.1) is 0 Å². The van der Waals surface area contributed by atoms with E-state index in [-0.39, 0.29) is 17.5 Å². The number of imidazole rings is 1. The van der Waals surface area contributed by atoms with Crippen LogP contribution in [0.2, 0.25) is 0 Å². The lowest BCUT2D eigenvalue weighted by atomic mass is 10.0. The molecule has 34 heavy (non-hydrogen) atoms. The maximum atomic E-state index is 12.4. The highest BCUT2D eigenvalue weighted by atomic mass is 16.2. The second-order valence-electron chi connectivity index (χ2n) is 8.69. The molecule has 1 atom stereocenters. The number of anilines is 1. The first-order chi connectivity index (χ1) is 16.2. The van der Waals surface area contributed by atoms with Crippen LogP contribution >= 0.6 is 0 Å². The number of hydrogen-bond donors (Lipinski definition) is 2. The van der Waals surface area contributed by atoms with Crippen molar-refractivity contribution in [2.24, 2.45) is 5.73 Å². The fraction of sp³-hybridized carbons (Fsp3) is 0.480. The molecule has 0 aliphatic rings. The van der Waals surface area contributed by atoms with Crippen molar-refractivity contribution >= 4 is 45.2 Å². The lowest BCUT2D eigenvalue weighted by Crippen LogP contribution is -2.30. The van der Waals surface area contributed by atoms with Gasteiger partial charge in [-0.15, -0.1) is 0 Å². The van der Waals surface area contributed by atoms with Crippen LogP contribution in [0.5, 0.6) is 0 Å². The Morgan fingerprint density at radius 1 is 1.09 bits per heavy atom. The van der Waals surface area contributed by atoms with Crippen molar-refractivity contribution in [1.82, 2.24) is 19.4 Å². The molecule has 1 unspecified atom stereocenters. The third-order valence-electron chi connectivity index (χ3n) is 6.12. The van der Waals surface area contributed by atoms with Crippen molar-refractivity contribution in [3.05, 3.63) is 30.1 Å². The number of rotatable bonds is 12. The van der Waals surface area contributed by atoms with Gasteiger partial charge >= 0.3 is 0 Å². The summed E-state index contributed by atoms with van der Waals surface area (Å²) in [7, 11) is 0. The smallest absolute Gasteiger partial charge is 0.219 e. The maximum absolute atomic E-state index is 12.4. The third-order valence-corrected chi connectivity index (χ3v) is 6.12. The summed E-state index contributed by atoms with van der Waals surface area (Å²) in [6.45, 7) is 6.53. The van der Waals surface area contributed by atoms with Crippen LogP contribution in [0.15, 0.2) is 24.3 Å². The first-order valence-electron chi connectivity index (χ1n) is 11.8. The van der Waals surface area contributed by atoms with E-state index in [1.54, 1.807) is 11.8 Å².